The molecule has 0 aliphatic carbocycles. The van der Waals surface area contributed by atoms with E-state index in [1.54, 1.807) is 24.3 Å². The molecule has 2 aromatic rings. The summed E-state index contributed by atoms with van der Waals surface area (Å²) in [6.45, 7) is 4.21. The van der Waals surface area contributed by atoms with E-state index >= 15 is 0 Å². The molecular formula is C17H18F3N3O2. The molecule has 1 aromatic heterocycles. The summed E-state index contributed by atoms with van der Waals surface area (Å²) in [6, 6.07) is 8.72. The van der Waals surface area contributed by atoms with Crippen molar-refractivity contribution in [1.29, 1.82) is 0 Å². The molecular weight excluding hydrogens is 335 g/mol. The number of aromatic nitrogens is 1. The molecule has 0 saturated heterocycles. The lowest BCUT2D eigenvalue weighted by Gasteiger charge is -2.16. The molecule has 134 valence electrons. The molecule has 5 nitrogen and oxygen atoms in total. The Hall–Kier alpha value is -2.77. The molecule has 0 radical (unpaired) electrons. The number of anilines is 1. The average Bonchev–Trinajstić information content (AvgIpc) is 2.55. The summed E-state index contributed by atoms with van der Waals surface area (Å²) in [5, 5.41) is 5.80. The highest BCUT2D eigenvalue weighted by Crippen LogP contribution is 2.25. The molecule has 8 heteroatoms. The van der Waals surface area contributed by atoms with Crippen molar-refractivity contribution in [3.8, 4) is 5.75 Å². The van der Waals surface area contributed by atoms with Crippen LogP contribution in [0.3, 0.4) is 0 Å². The van der Waals surface area contributed by atoms with Gasteiger partial charge in [-0.2, -0.15) is 0 Å². The number of amides is 1. The van der Waals surface area contributed by atoms with E-state index in [4.69, 9.17) is 0 Å². The van der Waals surface area contributed by atoms with Gasteiger partial charge in [0.1, 0.15) is 11.6 Å². The lowest BCUT2D eigenvalue weighted by molar-refractivity contribution is -0.274. The fraction of sp³-hybridized carbons (Fsp3) is 0.294. The lowest BCUT2D eigenvalue weighted by atomic mass is 10.1. The first-order chi connectivity index (χ1) is 11.8. The van der Waals surface area contributed by atoms with Crippen molar-refractivity contribution in [3.63, 3.8) is 0 Å². The summed E-state index contributed by atoms with van der Waals surface area (Å²) in [6.07, 6.45) is -3.25. The van der Waals surface area contributed by atoms with Gasteiger partial charge in [0, 0.05) is 18.8 Å². The number of alkyl halides is 3. The minimum absolute atomic E-state index is 0.192. The van der Waals surface area contributed by atoms with Gasteiger partial charge in [0.25, 0.3) is 5.91 Å². The van der Waals surface area contributed by atoms with E-state index in [1.807, 2.05) is 13.8 Å². The quantitative estimate of drug-likeness (QED) is 0.827. The van der Waals surface area contributed by atoms with Crippen LogP contribution in [-0.2, 0) is 0 Å². The minimum atomic E-state index is -4.71. The van der Waals surface area contributed by atoms with Crippen molar-refractivity contribution in [2.75, 3.05) is 11.9 Å². The van der Waals surface area contributed by atoms with E-state index in [2.05, 4.69) is 20.4 Å². The molecule has 0 bridgehead atoms. The topological polar surface area (TPSA) is 63.2 Å². The van der Waals surface area contributed by atoms with Crippen molar-refractivity contribution in [2.45, 2.75) is 26.3 Å². The Balaban J connectivity index is 1.99. The van der Waals surface area contributed by atoms with Gasteiger partial charge in [-0.3, -0.25) is 4.79 Å². The first-order valence-electron chi connectivity index (χ1n) is 7.65. The number of ether oxygens (including phenoxy) is 1. The predicted molar refractivity (Wildman–Crippen MR) is 87.4 cm³/mol. The zero-order valence-electron chi connectivity index (χ0n) is 13.7. The molecule has 2 N–H and O–H groups in total. The fourth-order valence-electron chi connectivity index (χ4n) is 2.14. The van der Waals surface area contributed by atoms with Crippen molar-refractivity contribution in [3.05, 3.63) is 53.7 Å². The van der Waals surface area contributed by atoms with Crippen molar-refractivity contribution < 1.29 is 22.7 Å². The van der Waals surface area contributed by atoms with Crippen LogP contribution in [0, 0.1) is 0 Å². The molecule has 0 saturated carbocycles. The number of hydrogen-bond donors (Lipinski definition) is 2. The Bertz CT molecular complexity index is 701. The number of halogens is 3. The number of nitrogens with zero attached hydrogens (tertiary/aromatic N) is 1. The molecule has 0 spiro atoms. The van der Waals surface area contributed by atoms with Gasteiger partial charge in [0.2, 0.25) is 0 Å². The Morgan fingerprint density at radius 2 is 1.88 bits per heavy atom. The smallest absolute Gasteiger partial charge is 0.406 e. The van der Waals surface area contributed by atoms with Gasteiger partial charge in [-0.05, 0) is 43.7 Å². The van der Waals surface area contributed by atoms with E-state index in [0.29, 0.717) is 17.9 Å². The number of rotatable bonds is 6. The van der Waals surface area contributed by atoms with Gasteiger partial charge < -0.3 is 15.4 Å². The van der Waals surface area contributed by atoms with Gasteiger partial charge >= 0.3 is 6.36 Å². The molecule has 1 aromatic carbocycles. The summed E-state index contributed by atoms with van der Waals surface area (Å²) in [7, 11) is 0. The maximum Gasteiger partial charge on any atom is 0.573 e. The van der Waals surface area contributed by atoms with Gasteiger partial charge in [-0.15, -0.1) is 13.2 Å². The van der Waals surface area contributed by atoms with Crippen molar-refractivity contribution in [2.24, 2.45) is 0 Å². The molecule has 0 unspecified atom stereocenters. The number of nitrogens with one attached hydrogen (secondary N) is 2. The third-order valence-electron chi connectivity index (χ3n) is 3.34. The van der Waals surface area contributed by atoms with Crippen LogP contribution in [0.15, 0.2) is 42.6 Å². The maximum atomic E-state index is 12.2. The summed E-state index contributed by atoms with van der Waals surface area (Å²) < 4.78 is 40.3. The maximum absolute atomic E-state index is 12.2. The molecule has 1 amide bonds. The van der Waals surface area contributed by atoms with Crippen LogP contribution in [-0.4, -0.2) is 23.8 Å². The monoisotopic (exact) mass is 353 g/mol. The van der Waals surface area contributed by atoms with E-state index in [1.165, 1.54) is 18.3 Å². The standard InChI is InChI=1S/C17H18F3N3O2/c1-3-21-16(24)13-6-9-15(22-10-13)23-11(2)12-4-7-14(8-5-12)25-17(18,19)20/h4-11H,3H2,1-2H3,(H,21,24)(H,22,23)/t11-/m0/s1. The van der Waals surface area contributed by atoms with Crippen LogP contribution < -0.4 is 15.4 Å². The van der Waals surface area contributed by atoms with Crippen molar-refractivity contribution >= 4 is 11.7 Å². The number of hydrogen-bond acceptors (Lipinski definition) is 4. The SMILES string of the molecule is CCNC(=O)c1ccc(N[C@@H](C)c2ccc(OC(F)(F)F)cc2)nc1. The molecule has 0 fully saturated rings. The number of benzene rings is 1. The van der Waals surface area contributed by atoms with Gasteiger partial charge in [-0.1, -0.05) is 12.1 Å². The predicted octanol–water partition coefficient (Wildman–Crippen LogP) is 3.90. The average molecular weight is 353 g/mol. The molecule has 1 heterocycles. The molecule has 1 atom stereocenters. The van der Waals surface area contributed by atoms with Crippen molar-refractivity contribution in [1.82, 2.24) is 10.3 Å². The van der Waals surface area contributed by atoms with Crippen LogP contribution in [0.25, 0.3) is 0 Å². The zero-order chi connectivity index (χ0) is 18.4. The van der Waals surface area contributed by atoms with Crippen LogP contribution >= 0.6 is 0 Å². The highest BCUT2D eigenvalue weighted by Gasteiger charge is 2.31. The first-order valence-corrected chi connectivity index (χ1v) is 7.65. The van der Waals surface area contributed by atoms with Gasteiger partial charge in [-0.25, -0.2) is 4.98 Å². The summed E-state index contributed by atoms with van der Waals surface area (Å²) in [4.78, 5) is 15.8. The summed E-state index contributed by atoms with van der Waals surface area (Å²) in [5.74, 6) is 0.0823. The molecule has 0 aliphatic heterocycles. The highest BCUT2D eigenvalue weighted by atomic mass is 19.4. The number of carbonyl (C=O) groups excluding carboxylic acids is 1. The first kappa shape index (κ1) is 18.6. The van der Waals surface area contributed by atoms with E-state index in [0.717, 1.165) is 5.56 Å². The Labute approximate surface area is 143 Å². The fourth-order valence-corrected chi connectivity index (χ4v) is 2.14. The molecule has 0 aliphatic rings. The van der Waals surface area contributed by atoms with E-state index in [9.17, 15) is 18.0 Å². The van der Waals surface area contributed by atoms with E-state index < -0.39 is 6.36 Å². The normalized spacial score (nSPS) is 12.4. The van der Waals surface area contributed by atoms with Gasteiger partial charge in [0.15, 0.2) is 0 Å². The van der Waals surface area contributed by atoms with Crippen LogP contribution in [0.4, 0.5) is 19.0 Å². The Kier molecular flexibility index (Phi) is 5.84. The molecule has 25 heavy (non-hydrogen) atoms. The largest absolute Gasteiger partial charge is 0.573 e. The Morgan fingerprint density at radius 3 is 2.40 bits per heavy atom. The summed E-state index contributed by atoms with van der Waals surface area (Å²) in [5.41, 5.74) is 1.22. The lowest BCUT2D eigenvalue weighted by Crippen LogP contribution is -2.22. The van der Waals surface area contributed by atoms with Crippen LogP contribution in [0.2, 0.25) is 0 Å². The van der Waals surface area contributed by atoms with Crippen LogP contribution in [0.5, 0.6) is 5.75 Å². The second kappa shape index (κ2) is 7.87. The van der Waals surface area contributed by atoms with Gasteiger partial charge in [0.05, 0.1) is 5.56 Å². The zero-order valence-corrected chi connectivity index (χ0v) is 13.7. The minimum Gasteiger partial charge on any atom is -0.406 e. The highest BCUT2D eigenvalue weighted by molar-refractivity contribution is 5.93. The second-order valence-electron chi connectivity index (χ2n) is 5.27. The number of pyridine rings is 1. The van der Waals surface area contributed by atoms with E-state index in [-0.39, 0.29) is 17.7 Å². The number of carbonyl (C=O) groups is 1. The third-order valence-corrected chi connectivity index (χ3v) is 3.34. The second-order valence-corrected chi connectivity index (χ2v) is 5.27. The third kappa shape index (κ3) is 5.66. The van der Waals surface area contributed by atoms with Crippen LogP contribution in [0.1, 0.15) is 35.8 Å². The molecule has 2 rings (SSSR count). The Morgan fingerprint density at radius 1 is 1.20 bits per heavy atom. The summed E-state index contributed by atoms with van der Waals surface area (Å²) >= 11 is 0.